The third-order valence-electron chi connectivity index (χ3n) is 4.32. The molecule has 2 N–H and O–H groups in total. The van der Waals surface area contributed by atoms with E-state index in [1.54, 1.807) is 24.3 Å². The molecular weight excluding hydrogens is 280 g/mol. The van der Waals surface area contributed by atoms with Gasteiger partial charge in [0.05, 0.1) is 12.8 Å². The fourth-order valence-corrected chi connectivity index (χ4v) is 2.89. The van der Waals surface area contributed by atoms with E-state index < -0.39 is 11.8 Å². The molecule has 0 atom stereocenters. The van der Waals surface area contributed by atoms with E-state index in [1.165, 1.54) is 13.5 Å². The van der Waals surface area contributed by atoms with Crippen molar-refractivity contribution in [2.75, 3.05) is 12.4 Å². The average molecular weight is 304 g/mol. The topological polar surface area (TPSA) is 67.4 Å². The van der Waals surface area contributed by atoms with Crippen LogP contribution in [0.1, 0.15) is 39.0 Å². The Labute approximate surface area is 131 Å². The molecule has 120 valence electrons. The van der Waals surface area contributed by atoms with Crippen molar-refractivity contribution in [3.8, 4) is 5.75 Å². The maximum absolute atomic E-state index is 12.0. The van der Waals surface area contributed by atoms with Crippen molar-refractivity contribution in [1.82, 2.24) is 5.32 Å². The van der Waals surface area contributed by atoms with Crippen LogP contribution in [0, 0.1) is 5.92 Å². The van der Waals surface area contributed by atoms with E-state index in [0.29, 0.717) is 11.4 Å². The number of ether oxygens (including phenoxy) is 1. The van der Waals surface area contributed by atoms with Gasteiger partial charge in [0.2, 0.25) is 0 Å². The van der Waals surface area contributed by atoms with Crippen LogP contribution in [0.3, 0.4) is 0 Å². The molecule has 22 heavy (non-hydrogen) atoms. The van der Waals surface area contributed by atoms with Crippen molar-refractivity contribution in [1.29, 1.82) is 0 Å². The van der Waals surface area contributed by atoms with E-state index in [9.17, 15) is 9.59 Å². The molecule has 1 fully saturated rings. The number of benzene rings is 1. The molecule has 1 aliphatic carbocycles. The van der Waals surface area contributed by atoms with Crippen LogP contribution in [0.2, 0.25) is 0 Å². The third-order valence-corrected chi connectivity index (χ3v) is 4.32. The Kier molecular flexibility index (Phi) is 5.81. The lowest BCUT2D eigenvalue weighted by Crippen LogP contribution is -2.43. The van der Waals surface area contributed by atoms with E-state index in [1.807, 2.05) is 0 Å². The minimum absolute atomic E-state index is 0.110. The summed E-state index contributed by atoms with van der Waals surface area (Å²) in [6.07, 6.45) is 5.33. The average Bonchev–Trinajstić information content (AvgIpc) is 2.56. The lowest BCUT2D eigenvalue weighted by atomic mass is 9.84. The molecular formula is C17H24N2O3. The zero-order valence-electron chi connectivity index (χ0n) is 13.2. The molecule has 0 spiro atoms. The Balaban J connectivity index is 1.86. The number of rotatable bonds is 4. The van der Waals surface area contributed by atoms with Gasteiger partial charge in [-0.3, -0.25) is 9.59 Å². The number of carbonyl (C=O) groups excluding carboxylic acids is 2. The minimum Gasteiger partial charge on any atom is -0.495 e. The molecule has 1 aromatic carbocycles. The highest BCUT2D eigenvalue weighted by molar-refractivity contribution is 6.39. The Bertz CT molecular complexity index is 522. The second-order valence-corrected chi connectivity index (χ2v) is 5.75. The van der Waals surface area contributed by atoms with Crippen LogP contribution in [0.4, 0.5) is 5.69 Å². The Morgan fingerprint density at radius 3 is 2.45 bits per heavy atom. The zero-order valence-corrected chi connectivity index (χ0v) is 13.2. The summed E-state index contributed by atoms with van der Waals surface area (Å²) in [4.78, 5) is 24.0. The number of nitrogens with one attached hydrogen (secondary N) is 2. The van der Waals surface area contributed by atoms with Crippen LogP contribution in [0.15, 0.2) is 24.3 Å². The van der Waals surface area contributed by atoms with Crippen LogP contribution in [-0.2, 0) is 9.59 Å². The zero-order chi connectivity index (χ0) is 15.9. The molecule has 0 aliphatic heterocycles. The molecule has 0 saturated heterocycles. The summed E-state index contributed by atoms with van der Waals surface area (Å²) in [5, 5.41) is 5.42. The molecule has 1 saturated carbocycles. The van der Waals surface area contributed by atoms with Crippen LogP contribution in [0.25, 0.3) is 0 Å². The van der Waals surface area contributed by atoms with E-state index in [0.717, 1.165) is 31.6 Å². The van der Waals surface area contributed by atoms with E-state index in [-0.39, 0.29) is 6.04 Å². The third kappa shape index (κ3) is 4.23. The summed E-state index contributed by atoms with van der Waals surface area (Å²) in [6, 6.07) is 7.14. The lowest BCUT2D eigenvalue weighted by Gasteiger charge is -2.28. The van der Waals surface area contributed by atoms with Gasteiger partial charge < -0.3 is 15.4 Å². The maximum Gasteiger partial charge on any atom is 0.313 e. The molecule has 0 unspecified atom stereocenters. The van der Waals surface area contributed by atoms with Crippen LogP contribution >= 0.6 is 0 Å². The first-order valence-electron chi connectivity index (χ1n) is 7.88. The number of anilines is 1. The predicted molar refractivity (Wildman–Crippen MR) is 85.8 cm³/mol. The Morgan fingerprint density at radius 2 is 1.82 bits per heavy atom. The highest BCUT2D eigenvalue weighted by Gasteiger charge is 2.24. The van der Waals surface area contributed by atoms with E-state index in [2.05, 4.69) is 17.6 Å². The molecule has 0 heterocycles. The molecule has 1 aliphatic rings. The monoisotopic (exact) mass is 304 g/mol. The van der Waals surface area contributed by atoms with Gasteiger partial charge in [-0.2, -0.15) is 0 Å². The molecule has 0 bridgehead atoms. The first-order chi connectivity index (χ1) is 10.6. The summed E-state index contributed by atoms with van der Waals surface area (Å²) in [7, 11) is 1.53. The van der Waals surface area contributed by atoms with Crippen molar-refractivity contribution in [3.63, 3.8) is 0 Å². The minimum atomic E-state index is -0.651. The number of methoxy groups -OCH3 is 1. The Morgan fingerprint density at radius 1 is 1.14 bits per heavy atom. The van der Waals surface area contributed by atoms with Crippen molar-refractivity contribution in [3.05, 3.63) is 24.3 Å². The summed E-state index contributed by atoms with van der Waals surface area (Å²) in [5.41, 5.74) is 0.500. The number of carbonyl (C=O) groups is 2. The number of amides is 2. The second-order valence-electron chi connectivity index (χ2n) is 5.75. The van der Waals surface area contributed by atoms with Crippen LogP contribution in [-0.4, -0.2) is 25.0 Å². The van der Waals surface area contributed by atoms with Crippen molar-refractivity contribution >= 4 is 17.5 Å². The maximum atomic E-state index is 12.0. The number of para-hydroxylation sites is 2. The van der Waals surface area contributed by atoms with Crippen LogP contribution in [0.5, 0.6) is 5.75 Å². The highest BCUT2D eigenvalue weighted by atomic mass is 16.5. The SMILES string of the molecule is CCC1CCC(NC(=O)C(=O)Nc2ccccc2OC)CC1. The van der Waals surface area contributed by atoms with Crippen molar-refractivity contribution in [2.45, 2.75) is 45.1 Å². The number of hydrogen-bond donors (Lipinski definition) is 2. The summed E-state index contributed by atoms with van der Waals surface area (Å²) >= 11 is 0. The smallest absolute Gasteiger partial charge is 0.313 e. The molecule has 5 nitrogen and oxygen atoms in total. The Hall–Kier alpha value is -2.04. The van der Waals surface area contributed by atoms with Crippen molar-refractivity contribution in [2.24, 2.45) is 5.92 Å². The van der Waals surface area contributed by atoms with Gasteiger partial charge in [0.1, 0.15) is 5.75 Å². The molecule has 0 radical (unpaired) electrons. The van der Waals surface area contributed by atoms with Gasteiger partial charge in [0.25, 0.3) is 0 Å². The normalized spacial score (nSPS) is 21.0. The van der Waals surface area contributed by atoms with Gasteiger partial charge in [0, 0.05) is 6.04 Å². The quantitative estimate of drug-likeness (QED) is 0.840. The highest BCUT2D eigenvalue weighted by Crippen LogP contribution is 2.26. The first kappa shape index (κ1) is 16.3. The first-order valence-corrected chi connectivity index (χ1v) is 7.88. The van der Waals surface area contributed by atoms with Gasteiger partial charge in [0.15, 0.2) is 0 Å². The fraction of sp³-hybridized carbons (Fsp3) is 0.529. The molecule has 5 heteroatoms. The molecule has 1 aromatic rings. The standard InChI is InChI=1S/C17H24N2O3/c1-3-12-8-10-13(11-9-12)18-16(20)17(21)19-14-6-4-5-7-15(14)22-2/h4-7,12-13H,3,8-11H2,1-2H3,(H,18,20)(H,19,21). The van der Waals surface area contributed by atoms with Gasteiger partial charge >= 0.3 is 11.8 Å². The summed E-state index contributed by atoms with van der Waals surface area (Å²) in [6.45, 7) is 2.20. The fourth-order valence-electron chi connectivity index (χ4n) is 2.89. The van der Waals surface area contributed by atoms with E-state index >= 15 is 0 Å². The van der Waals surface area contributed by atoms with Crippen LogP contribution < -0.4 is 15.4 Å². The molecule has 0 aromatic heterocycles. The second kappa shape index (κ2) is 7.82. The van der Waals surface area contributed by atoms with Gasteiger partial charge in [-0.25, -0.2) is 0 Å². The van der Waals surface area contributed by atoms with Gasteiger partial charge in [-0.05, 0) is 43.7 Å². The van der Waals surface area contributed by atoms with Gasteiger partial charge in [-0.15, -0.1) is 0 Å². The largest absolute Gasteiger partial charge is 0.495 e. The summed E-state index contributed by atoms with van der Waals surface area (Å²) < 4.78 is 5.15. The van der Waals surface area contributed by atoms with Crippen molar-refractivity contribution < 1.29 is 14.3 Å². The lowest BCUT2D eigenvalue weighted by molar-refractivity contribution is -0.136. The molecule has 2 rings (SSSR count). The number of hydrogen-bond acceptors (Lipinski definition) is 3. The van der Waals surface area contributed by atoms with Gasteiger partial charge in [-0.1, -0.05) is 25.5 Å². The summed E-state index contributed by atoms with van der Waals surface area (Å²) in [5.74, 6) is 0.0654. The molecule has 2 amide bonds. The van der Waals surface area contributed by atoms with E-state index in [4.69, 9.17) is 4.74 Å². The predicted octanol–water partition coefficient (Wildman–Crippen LogP) is 2.72.